The van der Waals surface area contributed by atoms with Crippen LogP contribution in [0.5, 0.6) is 0 Å². The first-order valence-corrected chi connectivity index (χ1v) is 7.54. The highest BCUT2D eigenvalue weighted by atomic mass is 19.1. The van der Waals surface area contributed by atoms with E-state index in [9.17, 15) is 4.39 Å². The minimum Gasteiger partial charge on any atom is -0.247 e. The van der Waals surface area contributed by atoms with Crippen LogP contribution in [0.1, 0.15) is 64.2 Å². The quantitative estimate of drug-likeness (QED) is 0.584. The van der Waals surface area contributed by atoms with E-state index in [2.05, 4.69) is 12.7 Å². The number of hydrogen-bond donors (Lipinski definition) is 0. The predicted octanol–water partition coefficient (Wildman–Crippen LogP) is 5.29. The molecule has 0 radical (unpaired) electrons. The molecule has 2 fully saturated rings. The lowest BCUT2D eigenvalue weighted by atomic mass is 9.70. The van der Waals surface area contributed by atoms with E-state index in [4.69, 9.17) is 0 Å². The lowest BCUT2D eigenvalue weighted by Gasteiger charge is -2.36. The van der Waals surface area contributed by atoms with Crippen LogP contribution in [0.25, 0.3) is 0 Å². The molecule has 1 heteroatoms. The number of rotatable bonds is 4. The molecule has 2 aliphatic rings. The molecule has 0 N–H and O–H groups in total. The van der Waals surface area contributed by atoms with E-state index in [-0.39, 0.29) is 0 Å². The molecule has 0 bridgehead atoms. The summed E-state index contributed by atoms with van der Waals surface area (Å²) in [5, 5.41) is 0. The van der Waals surface area contributed by atoms with Crippen molar-refractivity contribution in [3.05, 3.63) is 12.7 Å². The van der Waals surface area contributed by atoms with Crippen LogP contribution in [-0.2, 0) is 0 Å². The largest absolute Gasteiger partial charge is 0.247 e. The monoisotopic (exact) mass is 238 g/mol. The summed E-state index contributed by atoms with van der Waals surface area (Å²) in [5.41, 5.74) is 0. The molecule has 2 aliphatic carbocycles. The van der Waals surface area contributed by atoms with E-state index < -0.39 is 6.17 Å². The number of alkyl halides is 1. The Morgan fingerprint density at radius 2 is 1.41 bits per heavy atom. The Hall–Kier alpha value is -0.330. The van der Waals surface area contributed by atoms with Gasteiger partial charge in [0, 0.05) is 0 Å². The first-order valence-electron chi connectivity index (χ1n) is 7.54. The summed E-state index contributed by atoms with van der Waals surface area (Å²) < 4.78 is 13.1. The first kappa shape index (κ1) is 13.1. The Morgan fingerprint density at radius 3 is 1.94 bits per heavy atom. The molecule has 0 aromatic carbocycles. The van der Waals surface area contributed by atoms with Gasteiger partial charge in [0.1, 0.15) is 6.17 Å². The third-order valence-electron chi connectivity index (χ3n) is 5.04. The SMILES string of the molecule is C=CCCC1CCC(C2CCC(F)CC2)CC1. The van der Waals surface area contributed by atoms with Crippen molar-refractivity contribution in [3.8, 4) is 0 Å². The van der Waals surface area contributed by atoms with Crippen LogP contribution >= 0.6 is 0 Å². The van der Waals surface area contributed by atoms with Gasteiger partial charge >= 0.3 is 0 Å². The summed E-state index contributed by atoms with van der Waals surface area (Å²) in [6.45, 7) is 3.81. The van der Waals surface area contributed by atoms with Gasteiger partial charge in [-0.25, -0.2) is 4.39 Å². The molecular formula is C16H27F. The van der Waals surface area contributed by atoms with Crippen molar-refractivity contribution in [1.29, 1.82) is 0 Å². The molecule has 0 aliphatic heterocycles. The third kappa shape index (κ3) is 3.82. The molecule has 0 heterocycles. The van der Waals surface area contributed by atoms with Gasteiger partial charge in [0.05, 0.1) is 0 Å². The normalized spacial score (nSPS) is 38.9. The van der Waals surface area contributed by atoms with Gasteiger partial charge in [-0.2, -0.15) is 0 Å². The van der Waals surface area contributed by atoms with Crippen LogP contribution in [0.2, 0.25) is 0 Å². The Labute approximate surface area is 106 Å². The Kier molecular flexibility index (Phi) is 5.06. The van der Waals surface area contributed by atoms with Gasteiger partial charge < -0.3 is 0 Å². The molecule has 98 valence electrons. The average molecular weight is 238 g/mol. The molecule has 2 rings (SSSR count). The molecule has 0 saturated heterocycles. The van der Waals surface area contributed by atoms with Gasteiger partial charge in [0.2, 0.25) is 0 Å². The number of hydrogen-bond acceptors (Lipinski definition) is 0. The van der Waals surface area contributed by atoms with Crippen molar-refractivity contribution in [2.24, 2.45) is 17.8 Å². The van der Waals surface area contributed by atoms with Crippen molar-refractivity contribution in [2.75, 3.05) is 0 Å². The summed E-state index contributed by atoms with van der Waals surface area (Å²) in [6, 6.07) is 0. The summed E-state index contributed by atoms with van der Waals surface area (Å²) in [7, 11) is 0. The fourth-order valence-corrected chi connectivity index (χ4v) is 3.85. The molecule has 0 amide bonds. The van der Waals surface area contributed by atoms with E-state index in [0.717, 1.165) is 43.4 Å². The lowest BCUT2D eigenvalue weighted by molar-refractivity contribution is 0.127. The van der Waals surface area contributed by atoms with Crippen LogP contribution in [0.3, 0.4) is 0 Å². The molecule has 0 unspecified atom stereocenters. The summed E-state index contributed by atoms with van der Waals surface area (Å²) in [4.78, 5) is 0. The van der Waals surface area contributed by atoms with E-state index in [1.54, 1.807) is 0 Å². The van der Waals surface area contributed by atoms with Crippen molar-refractivity contribution >= 4 is 0 Å². The standard InChI is InChI=1S/C16H27F/c1-2-3-4-13-5-7-14(8-6-13)15-9-11-16(17)12-10-15/h2,13-16H,1,3-12H2. The highest BCUT2D eigenvalue weighted by Crippen LogP contribution is 2.41. The zero-order valence-corrected chi connectivity index (χ0v) is 11.0. The molecule has 2 saturated carbocycles. The molecule has 0 aromatic heterocycles. The van der Waals surface area contributed by atoms with Gasteiger partial charge in [0.15, 0.2) is 0 Å². The van der Waals surface area contributed by atoms with Gasteiger partial charge in [-0.15, -0.1) is 6.58 Å². The lowest BCUT2D eigenvalue weighted by Crippen LogP contribution is -2.26. The summed E-state index contributed by atoms with van der Waals surface area (Å²) in [5.74, 6) is 2.71. The Balaban J connectivity index is 1.69. The van der Waals surface area contributed by atoms with E-state index in [1.807, 2.05) is 0 Å². The zero-order chi connectivity index (χ0) is 12.1. The van der Waals surface area contributed by atoms with Crippen LogP contribution in [0.4, 0.5) is 4.39 Å². The summed E-state index contributed by atoms with van der Waals surface area (Å²) >= 11 is 0. The van der Waals surface area contributed by atoms with Crippen LogP contribution in [0, 0.1) is 17.8 Å². The highest BCUT2D eigenvalue weighted by molar-refractivity contribution is 4.82. The van der Waals surface area contributed by atoms with Crippen molar-refractivity contribution in [3.63, 3.8) is 0 Å². The topological polar surface area (TPSA) is 0 Å². The maximum Gasteiger partial charge on any atom is 0.100 e. The Bertz CT molecular complexity index is 220. The minimum absolute atomic E-state index is 0.491. The molecule has 0 aromatic rings. The molecule has 0 nitrogen and oxygen atoms in total. The van der Waals surface area contributed by atoms with E-state index in [1.165, 1.54) is 38.5 Å². The third-order valence-corrected chi connectivity index (χ3v) is 5.04. The van der Waals surface area contributed by atoms with Crippen molar-refractivity contribution in [1.82, 2.24) is 0 Å². The maximum atomic E-state index is 13.1. The zero-order valence-electron chi connectivity index (χ0n) is 11.0. The van der Waals surface area contributed by atoms with Crippen molar-refractivity contribution in [2.45, 2.75) is 70.4 Å². The van der Waals surface area contributed by atoms with Crippen LogP contribution < -0.4 is 0 Å². The highest BCUT2D eigenvalue weighted by Gasteiger charge is 2.30. The smallest absolute Gasteiger partial charge is 0.100 e. The van der Waals surface area contributed by atoms with E-state index in [0.29, 0.717) is 0 Å². The molecule has 0 atom stereocenters. The van der Waals surface area contributed by atoms with Gasteiger partial charge in [0.25, 0.3) is 0 Å². The predicted molar refractivity (Wildman–Crippen MR) is 71.7 cm³/mol. The van der Waals surface area contributed by atoms with Gasteiger partial charge in [-0.1, -0.05) is 18.9 Å². The minimum atomic E-state index is -0.491. The fourth-order valence-electron chi connectivity index (χ4n) is 3.85. The fraction of sp³-hybridized carbons (Fsp3) is 0.875. The van der Waals surface area contributed by atoms with Gasteiger partial charge in [-0.3, -0.25) is 0 Å². The van der Waals surface area contributed by atoms with Crippen LogP contribution in [-0.4, -0.2) is 6.17 Å². The number of allylic oxidation sites excluding steroid dienone is 1. The maximum absolute atomic E-state index is 13.1. The second-order valence-electron chi connectivity index (χ2n) is 6.16. The molecular weight excluding hydrogens is 211 g/mol. The average Bonchev–Trinajstić information content (AvgIpc) is 2.38. The van der Waals surface area contributed by atoms with Crippen molar-refractivity contribution < 1.29 is 4.39 Å². The Morgan fingerprint density at radius 1 is 0.882 bits per heavy atom. The second kappa shape index (κ2) is 6.56. The second-order valence-corrected chi connectivity index (χ2v) is 6.16. The van der Waals surface area contributed by atoms with Gasteiger partial charge in [-0.05, 0) is 69.1 Å². The summed E-state index contributed by atoms with van der Waals surface area (Å²) in [6.07, 6.45) is 13.7. The van der Waals surface area contributed by atoms with Crippen LogP contribution in [0.15, 0.2) is 12.7 Å². The first-order chi connectivity index (χ1) is 8.29. The number of halogens is 1. The van der Waals surface area contributed by atoms with E-state index >= 15 is 0 Å². The molecule has 17 heavy (non-hydrogen) atoms. The molecule has 0 spiro atoms.